The van der Waals surface area contributed by atoms with E-state index in [9.17, 15) is 5.11 Å². The lowest BCUT2D eigenvalue weighted by atomic mass is 10.2. The van der Waals surface area contributed by atoms with E-state index in [-0.39, 0.29) is 13.2 Å². The van der Waals surface area contributed by atoms with Crippen LogP contribution in [0.3, 0.4) is 0 Å². The van der Waals surface area contributed by atoms with Crippen LogP contribution in [0.15, 0.2) is 30.6 Å². The molecule has 4 rings (SSSR count). The highest BCUT2D eigenvalue weighted by atomic mass is 35.5. The van der Waals surface area contributed by atoms with Crippen LogP contribution in [0.5, 0.6) is 5.75 Å². The molecule has 0 aliphatic rings. The number of halogens is 1. The van der Waals surface area contributed by atoms with Gasteiger partial charge in [-0.15, -0.1) is 5.10 Å². The zero-order chi connectivity index (χ0) is 18.3. The average molecular weight is 372 g/mol. The minimum atomic E-state index is 0.0593. The first kappa shape index (κ1) is 16.8. The van der Waals surface area contributed by atoms with Gasteiger partial charge in [-0.05, 0) is 43.7 Å². The molecular weight excluding hydrogens is 354 g/mol. The van der Waals surface area contributed by atoms with E-state index in [4.69, 9.17) is 16.3 Å². The molecule has 0 radical (unpaired) electrons. The Morgan fingerprint density at radius 3 is 2.65 bits per heavy atom. The van der Waals surface area contributed by atoms with Gasteiger partial charge in [0.05, 0.1) is 12.0 Å². The maximum atomic E-state index is 9.32. The summed E-state index contributed by atoms with van der Waals surface area (Å²) in [6.07, 6.45) is 1.64. The first-order valence-corrected chi connectivity index (χ1v) is 8.65. The summed E-state index contributed by atoms with van der Waals surface area (Å²) in [4.78, 5) is 9.14. The maximum absolute atomic E-state index is 9.32. The average Bonchev–Trinajstić information content (AvgIpc) is 3.16. The first-order chi connectivity index (χ1) is 12.6. The summed E-state index contributed by atoms with van der Waals surface area (Å²) in [5, 5.41) is 15.4. The van der Waals surface area contributed by atoms with E-state index >= 15 is 0 Å². The van der Waals surface area contributed by atoms with Gasteiger partial charge in [0.15, 0.2) is 11.5 Å². The number of nitrogens with zero attached hydrogens (tertiary/aromatic N) is 5. The fraction of sp³-hybridized carbons (Fsp3) is 0.278. The van der Waals surface area contributed by atoms with Gasteiger partial charge < -0.3 is 14.4 Å². The quantitative estimate of drug-likeness (QED) is 0.583. The number of ether oxygens (including phenoxy) is 1. The molecule has 0 saturated carbocycles. The molecule has 0 aliphatic carbocycles. The summed E-state index contributed by atoms with van der Waals surface area (Å²) in [7, 11) is 0. The second-order valence-corrected chi connectivity index (χ2v) is 6.50. The number of hydrogen-bond acceptors (Lipinski definition) is 5. The van der Waals surface area contributed by atoms with Crippen molar-refractivity contribution in [3.05, 3.63) is 52.7 Å². The second kappa shape index (κ2) is 6.59. The SMILES string of the molecule is Cc1c(C)n(CCO)c2ncn3nc(COc4ccc(Cl)cc4)nc3c12. The molecule has 26 heavy (non-hydrogen) atoms. The molecule has 0 atom stereocenters. The van der Waals surface area contributed by atoms with E-state index in [1.165, 1.54) is 0 Å². The number of aliphatic hydroxyl groups excluding tert-OH is 1. The molecule has 3 heterocycles. The summed E-state index contributed by atoms with van der Waals surface area (Å²) < 4.78 is 9.40. The van der Waals surface area contributed by atoms with Crippen molar-refractivity contribution in [3.63, 3.8) is 0 Å². The van der Waals surface area contributed by atoms with Gasteiger partial charge in [0, 0.05) is 17.3 Å². The van der Waals surface area contributed by atoms with Crippen LogP contribution in [-0.4, -0.2) is 35.9 Å². The largest absolute Gasteiger partial charge is 0.486 e. The van der Waals surface area contributed by atoms with Gasteiger partial charge in [-0.1, -0.05) is 11.6 Å². The third-order valence-corrected chi connectivity index (χ3v) is 4.75. The molecule has 0 saturated heterocycles. The highest BCUT2D eigenvalue weighted by Crippen LogP contribution is 2.26. The number of hydrogen-bond donors (Lipinski definition) is 1. The standard InChI is InChI=1S/C18H18ClN5O2/c1-11-12(2)23(7-8-25)17-16(11)18-21-15(22-24(18)10-20-17)9-26-14-5-3-13(19)4-6-14/h3-6,10,25H,7-9H2,1-2H3. The van der Waals surface area contributed by atoms with Gasteiger partial charge in [-0.2, -0.15) is 0 Å². The number of rotatable bonds is 5. The van der Waals surface area contributed by atoms with Crippen LogP contribution in [0.1, 0.15) is 17.1 Å². The molecule has 0 fully saturated rings. The number of fused-ring (bicyclic) bond motifs is 3. The molecule has 0 bridgehead atoms. The lowest BCUT2D eigenvalue weighted by Gasteiger charge is -2.04. The Hall–Kier alpha value is -2.64. The van der Waals surface area contributed by atoms with Gasteiger partial charge >= 0.3 is 0 Å². The number of aliphatic hydroxyl groups is 1. The second-order valence-electron chi connectivity index (χ2n) is 6.07. The lowest BCUT2D eigenvalue weighted by molar-refractivity contribution is 0.276. The van der Waals surface area contributed by atoms with E-state index in [1.807, 2.05) is 18.4 Å². The molecule has 0 aliphatic heterocycles. The van der Waals surface area contributed by atoms with E-state index < -0.39 is 0 Å². The Bertz CT molecular complexity index is 1080. The molecule has 7 nitrogen and oxygen atoms in total. The minimum absolute atomic E-state index is 0.0593. The minimum Gasteiger partial charge on any atom is -0.486 e. The van der Waals surface area contributed by atoms with E-state index in [1.54, 1.807) is 35.1 Å². The molecule has 134 valence electrons. The molecule has 8 heteroatoms. The molecule has 1 N–H and O–H groups in total. The van der Waals surface area contributed by atoms with E-state index in [2.05, 4.69) is 15.1 Å². The van der Waals surface area contributed by atoms with Gasteiger partial charge in [0.25, 0.3) is 0 Å². The summed E-state index contributed by atoms with van der Waals surface area (Å²) >= 11 is 5.88. The van der Waals surface area contributed by atoms with Crippen LogP contribution < -0.4 is 4.74 Å². The van der Waals surface area contributed by atoms with Crippen LogP contribution in [0.25, 0.3) is 16.7 Å². The van der Waals surface area contributed by atoms with Crippen molar-refractivity contribution < 1.29 is 9.84 Å². The number of aryl methyl sites for hydroxylation is 1. The number of aromatic nitrogens is 5. The van der Waals surface area contributed by atoms with Crippen molar-refractivity contribution in [2.24, 2.45) is 0 Å². The zero-order valence-electron chi connectivity index (χ0n) is 14.5. The van der Waals surface area contributed by atoms with Crippen molar-refractivity contribution in [1.82, 2.24) is 24.1 Å². The fourth-order valence-electron chi connectivity index (χ4n) is 3.09. The molecule has 3 aromatic heterocycles. The Morgan fingerprint density at radius 1 is 1.15 bits per heavy atom. The van der Waals surface area contributed by atoms with Crippen molar-refractivity contribution in [3.8, 4) is 5.75 Å². The summed E-state index contributed by atoms with van der Waals surface area (Å²) in [6.45, 7) is 4.86. The van der Waals surface area contributed by atoms with Crippen molar-refractivity contribution in [2.45, 2.75) is 27.0 Å². The highest BCUT2D eigenvalue weighted by molar-refractivity contribution is 6.30. The van der Waals surface area contributed by atoms with Gasteiger partial charge in [0.1, 0.15) is 24.3 Å². The third kappa shape index (κ3) is 2.79. The van der Waals surface area contributed by atoms with Crippen molar-refractivity contribution in [2.75, 3.05) is 6.61 Å². The Labute approximate surface area is 154 Å². The maximum Gasteiger partial charge on any atom is 0.189 e. The Morgan fingerprint density at radius 2 is 1.92 bits per heavy atom. The molecule has 1 aromatic carbocycles. The van der Waals surface area contributed by atoms with Gasteiger partial charge in [-0.3, -0.25) is 0 Å². The van der Waals surface area contributed by atoms with Crippen LogP contribution in [0, 0.1) is 13.8 Å². The molecule has 0 spiro atoms. The molecular formula is C18H18ClN5O2. The lowest BCUT2D eigenvalue weighted by Crippen LogP contribution is -2.05. The van der Waals surface area contributed by atoms with Crippen LogP contribution in [0.4, 0.5) is 0 Å². The van der Waals surface area contributed by atoms with Crippen molar-refractivity contribution in [1.29, 1.82) is 0 Å². The van der Waals surface area contributed by atoms with Crippen LogP contribution in [0.2, 0.25) is 5.02 Å². The third-order valence-electron chi connectivity index (χ3n) is 4.50. The zero-order valence-corrected chi connectivity index (χ0v) is 15.2. The van der Waals surface area contributed by atoms with Crippen LogP contribution >= 0.6 is 11.6 Å². The predicted molar refractivity (Wildman–Crippen MR) is 98.6 cm³/mol. The topological polar surface area (TPSA) is 77.5 Å². The van der Waals surface area contributed by atoms with Gasteiger partial charge in [0.2, 0.25) is 0 Å². The molecule has 4 aromatic rings. The van der Waals surface area contributed by atoms with Crippen molar-refractivity contribution >= 4 is 28.3 Å². The Kier molecular flexibility index (Phi) is 4.26. The summed E-state index contributed by atoms with van der Waals surface area (Å²) in [5.41, 5.74) is 3.70. The monoisotopic (exact) mass is 371 g/mol. The van der Waals surface area contributed by atoms with E-state index in [0.717, 1.165) is 27.9 Å². The van der Waals surface area contributed by atoms with E-state index in [0.29, 0.717) is 23.1 Å². The Balaban J connectivity index is 1.71. The normalized spacial score (nSPS) is 11.5. The fourth-order valence-corrected chi connectivity index (χ4v) is 3.21. The molecule has 0 unspecified atom stereocenters. The van der Waals surface area contributed by atoms with Gasteiger partial charge in [-0.25, -0.2) is 14.5 Å². The first-order valence-electron chi connectivity index (χ1n) is 8.27. The predicted octanol–water partition coefficient (Wildman–Crippen LogP) is 2.92. The number of benzene rings is 1. The smallest absolute Gasteiger partial charge is 0.189 e. The summed E-state index contributed by atoms with van der Waals surface area (Å²) in [6, 6.07) is 7.16. The van der Waals surface area contributed by atoms with Crippen LogP contribution in [-0.2, 0) is 13.2 Å². The summed E-state index contributed by atoms with van der Waals surface area (Å²) in [5.74, 6) is 1.28. The highest BCUT2D eigenvalue weighted by Gasteiger charge is 2.17. The molecule has 0 amide bonds.